The quantitative estimate of drug-likeness (QED) is 0.589. The van der Waals surface area contributed by atoms with Crippen LogP contribution in [0.4, 0.5) is 0 Å². The third kappa shape index (κ3) is 3.55. The Morgan fingerprint density at radius 1 is 0.852 bits per heavy atom. The number of hydrogen-bond donors (Lipinski definition) is 1. The molecule has 0 aliphatic carbocycles. The molecular weight excluding hydrogens is 340 g/mol. The zero-order valence-electron chi connectivity index (χ0n) is 14.3. The molecule has 1 amide bonds. The topological polar surface area (TPSA) is 83.0 Å². The van der Waals surface area contributed by atoms with Gasteiger partial charge in [0, 0.05) is 5.56 Å². The first-order chi connectivity index (χ1) is 13.2. The summed E-state index contributed by atoms with van der Waals surface area (Å²) in [6.07, 6.45) is 0. The van der Waals surface area contributed by atoms with E-state index in [2.05, 4.69) is 10.1 Å². The minimum atomic E-state index is -0.678. The summed E-state index contributed by atoms with van der Waals surface area (Å²) >= 11 is 0. The number of aromatic nitrogens is 3. The molecule has 0 bridgehead atoms. The highest BCUT2D eigenvalue weighted by Crippen LogP contribution is 2.27. The third-order valence-corrected chi connectivity index (χ3v) is 3.90. The zero-order chi connectivity index (χ0) is 18.6. The second-order valence-corrected chi connectivity index (χ2v) is 5.81. The lowest BCUT2D eigenvalue weighted by Crippen LogP contribution is -2.13. The van der Waals surface area contributed by atoms with Gasteiger partial charge in [0.15, 0.2) is 5.82 Å². The minimum Gasteiger partial charge on any atom is -0.457 e. The maximum absolute atomic E-state index is 11.6. The second-order valence-electron chi connectivity index (χ2n) is 5.81. The molecule has 2 N–H and O–H groups in total. The highest BCUT2D eigenvalue weighted by Gasteiger charge is 2.17. The monoisotopic (exact) mass is 356 g/mol. The van der Waals surface area contributed by atoms with Crippen LogP contribution in [0.5, 0.6) is 11.5 Å². The van der Waals surface area contributed by atoms with Crippen LogP contribution in [0.25, 0.3) is 17.1 Å². The number of carbonyl (C=O) groups is 1. The Kier molecular flexibility index (Phi) is 4.37. The fraction of sp³-hybridized carbons (Fsp3) is 0. The lowest BCUT2D eigenvalue weighted by molar-refractivity contribution is 0.0990. The van der Waals surface area contributed by atoms with Gasteiger partial charge in [-0.15, -0.1) is 5.10 Å². The maximum atomic E-state index is 11.6. The molecule has 4 aromatic rings. The van der Waals surface area contributed by atoms with Gasteiger partial charge in [0.2, 0.25) is 5.82 Å². The fourth-order valence-corrected chi connectivity index (χ4v) is 2.68. The lowest BCUT2D eigenvalue weighted by atomic mass is 10.2. The van der Waals surface area contributed by atoms with E-state index < -0.39 is 5.91 Å². The van der Waals surface area contributed by atoms with Crippen LogP contribution in [-0.2, 0) is 0 Å². The first-order valence-corrected chi connectivity index (χ1v) is 8.36. The molecule has 0 aliphatic heterocycles. The molecule has 0 saturated heterocycles. The molecular formula is C21H16N4O2. The molecule has 0 unspecified atom stereocenters. The van der Waals surface area contributed by atoms with Crippen molar-refractivity contribution in [3.05, 3.63) is 90.8 Å². The number of primary amides is 1. The van der Waals surface area contributed by atoms with Gasteiger partial charge in [-0.25, -0.2) is 9.67 Å². The van der Waals surface area contributed by atoms with E-state index in [9.17, 15) is 4.79 Å². The van der Waals surface area contributed by atoms with Gasteiger partial charge in [-0.2, -0.15) is 0 Å². The van der Waals surface area contributed by atoms with Crippen molar-refractivity contribution in [2.24, 2.45) is 5.73 Å². The van der Waals surface area contributed by atoms with E-state index >= 15 is 0 Å². The Morgan fingerprint density at radius 3 is 2.22 bits per heavy atom. The van der Waals surface area contributed by atoms with Gasteiger partial charge < -0.3 is 10.5 Å². The van der Waals surface area contributed by atoms with Crippen LogP contribution in [0.1, 0.15) is 10.6 Å². The van der Waals surface area contributed by atoms with E-state index in [0.717, 1.165) is 17.0 Å². The van der Waals surface area contributed by atoms with Crippen molar-refractivity contribution in [3.63, 3.8) is 0 Å². The van der Waals surface area contributed by atoms with Crippen molar-refractivity contribution < 1.29 is 9.53 Å². The Balaban J connectivity index is 1.77. The molecule has 1 aromatic heterocycles. The predicted molar refractivity (Wildman–Crippen MR) is 102 cm³/mol. The second kappa shape index (κ2) is 7.13. The average Bonchev–Trinajstić information content (AvgIpc) is 3.16. The predicted octanol–water partition coefficient (Wildman–Crippen LogP) is 3.83. The molecule has 0 fully saturated rings. The van der Waals surface area contributed by atoms with Gasteiger partial charge >= 0.3 is 0 Å². The Labute approximate surface area is 155 Å². The maximum Gasteiger partial charge on any atom is 0.288 e. The standard InChI is InChI=1S/C21H16N4O2/c22-19(26)20-23-21(25(24-20)16-9-3-1-4-10-16)15-8-7-13-18(14-15)27-17-11-5-2-6-12-17/h1-14H,(H2,22,26). The van der Waals surface area contributed by atoms with Crippen molar-refractivity contribution in [1.82, 2.24) is 14.8 Å². The van der Waals surface area contributed by atoms with Gasteiger partial charge in [-0.1, -0.05) is 48.5 Å². The van der Waals surface area contributed by atoms with E-state index in [4.69, 9.17) is 10.5 Å². The van der Waals surface area contributed by atoms with Gasteiger partial charge in [0.25, 0.3) is 5.91 Å². The van der Waals surface area contributed by atoms with Gasteiger partial charge in [0.05, 0.1) is 5.69 Å². The molecule has 0 aliphatic rings. The molecule has 0 spiro atoms. The number of amides is 1. The number of carbonyl (C=O) groups excluding carboxylic acids is 1. The summed E-state index contributed by atoms with van der Waals surface area (Å²) in [6.45, 7) is 0. The molecule has 0 atom stereocenters. The van der Waals surface area contributed by atoms with Crippen LogP contribution < -0.4 is 10.5 Å². The summed E-state index contributed by atoms with van der Waals surface area (Å²) in [7, 11) is 0. The number of ether oxygens (including phenoxy) is 1. The number of hydrogen-bond acceptors (Lipinski definition) is 4. The van der Waals surface area contributed by atoms with Crippen LogP contribution in [0, 0.1) is 0 Å². The number of benzene rings is 3. The summed E-state index contributed by atoms with van der Waals surface area (Å²) in [4.78, 5) is 15.9. The van der Waals surface area contributed by atoms with Crippen molar-refractivity contribution in [1.29, 1.82) is 0 Å². The van der Waals surface area contributed by atoms with Crippen molar-refractivity contribution >= 4 is 5.91 Å². The first-order valence-electron chi connectivity index (χ1n) is 8.36. The van der Waals surface area contributed by atoms with Crippen LogP contribution in [0.3, 0.4) is 0 Å². The van der Waals surface area contributed by atoms with Crippen LogP contribution in [0.2, 0.25) is 0 Å². The first kappa shape index (κ1) is 16.5. The van der Waals surface area contributed by atoms with E-state index in [1.165, 1.54) is 0 Å². The molecule has 1 heterocycles. The molecule has 0 saturated carbocycles. The van der Waals surface area contributed by atoms with Gasteiger partial charge in [-0.3, -0.25) is 4.79 Å². The largest absolute Gasteiger partial charge is 0.457 e. The fourth-order valence-electron chi connectivity index (χ4n) is 2.68. The summed E-state index contributed by atoms with van der Waals surface area (Å²) in [6, 6.07) is 26.4. The normalized spacial score (nSPS) is 10.5. The van der Waals surface area contributed by atoms with Crippen molar-refractivity contribution in [2.75, 3.05) is 0 Å². The Morgan fingerprint density at radius 2 is 1.52 bits per heavy atom. The zero-order valence-corrected chi connectivity index (χ0v) is 14.3. The van der Waals surface area contributed by atoms with E-state index in [0.29, 0.717) is 11.6 Å². The minimum absolute atomic E-state index is 0.0387. The average molecular weight is 356 g/mol. The Hall–Kier alpha value is -3.93. The smallest absolute Gasteiger partial charge is 0.288 e. The molecule has 3 aromatic carbocycles. The number of nitrogens with two attached hydrogens (primary N) is 1. The summed E-state index contributed by atoms with van der Waals surface area (Å²) in [5, 5.41) is 4.26. The summed E-state index contributed by atoms with van der Waals surface area (Å²) in [5.41, 5.74) is 6.92. The van der Waals surface area contributed by atoms with Crippen LogP contribution in [-0.4, -0.2) is 20.7 Å². The molecule has 27 heavy (non-hydrogen) atoms. The third-order valence-electron chi connectivity index (χ3n) is 3.90. The lowest BCUT2D eigenvalue weighted by Gasteiger charge is -2.09. The van der Waals surface area contributed by atoms with Gasteiger partial charge in [-0.05, 0) is 36.4 Å². The molecule has 6 heteroatoms. The summed E-state index contributed by atoms with van der Waals surface area (Å²) < 4.78 is 7.49. The summed E-state index contributed by atoms with van der Waals surface area (Å²) in [5.74, 6) is 1.18. The SMILES string of the molecule is NC(=O)c1nc(-c2cccc(Oc3ccccc3)c2)n(-c2ccccc2)n1. The molecule has 6 nitrogen and oxygen atoms in total. The highest BCUT2D eigenvalue weighted by atomic mass is 16.5. The number of nitrogens with zero attached hydrogens (tertiary/aromatic N) is 3. The van der Waals surface area contributed by atoms with Crippen molar-refractivity contribution in [3.8, 4) is 28.6 Å². The Bertz CT molecular complexity index is 1080. The van der Waals surface area contributed by atoms with E-state index in [-0.39, 0.29) is 5.82 Å². The van der Waals surface area contributed by atoms with E-state index in [1.54, 1.807) is 4.68 Å². The van der Waals surface area contributed by atoms with Gasteiger partial charge in [0.1, 0.15) is 11.5 Å². The number of rotatable bonds is 5. The molecule has 0 radical (unpaired) electrons. The molecule has 132 valence electrons. The highest BCUT2D eigenvalue weighted by molar-refractivity contribution is 5.89. The number of para-hydroxylation sites is 2. The van der Waals surface area contributed by atoms with Crippen molar-refractivity contribution in [2.45, 2.75) is 0 Å². The van der Waals surface area contributed by atoms with Crippen LogP contribution >= 0.6 is 0 Å². The van der Waals surface area contributed by atoms with Crippen LogP contribution in [0.15, 0.2) is 84.9 Å². The molecule has 4 rings (SSSR count). The van der Waals surface area contributed by atoms with E-state index in [1.807, 2.05) is 84.9 Å².